The Labute approximate surface area is 105 Å². The van der Waals surface area contributed by atoms with Crippen molar-refractivity contribution in [2.24, 2.45) is 0 Å². The summed E-state index contributed by atoms with van der Waals surface area (Å²) >= 11 is 17.6. The Hall–Kier alpha value is -0.0400. The van der Waals surface area contributed by atoms with Crippen LogP contribution in [0.3, 0.4) is 0 Å². The second-order valence-electron chi connectivity index (χ2n) is 2.92. The average molecular weight is 303 g/mol. The van der Waals surface area contributed by atoms with Gasteiger partial charge >= 0.3 is 7.82 Å². The van der Waals surface area contributed by atoms with Gasteiger partial charge in [0, 0.05) is 5.02 Å². The first-order valence-corrected chi connectivity index (χ1v) is 6.52. The molecule has 0 unspecified atom stereocenters. The van der Waals surface area contributed by atoms with E-state index in [0.29, 0.717) is 5.02 Å². The maximum atomic E-state index is 11.3. The number of rotatable bonds is 1. The molecule has 1 aromatic carbocycles. The molecule has 0 N–H and O–H groups in total. The topological polar surface area (TPSA) is 51.2 Å². The van der Waals surface area contributed by atoms with Crippen LogP contribution in [-0.2, 0) is 18.4 Å². The molecule has 0 aliphatic carbocycles. The summed E-state index contributed by atoms with van der Waals surface area (Å²) in [6.45, 7) is 0. The maximum Gasteiger partial charge on any atom is 0.538 e. The van der Waals surface area contributed by atoms with Crippen molar-refractivity contribution in [3.05, 3.63) is 27.2 Å². The second kappa shape index (κ2) is 3.48. The number of benzene rings is 1. The zero-order chi connectivity index (χ0) is 11.5. The molecule has 1 aromatic rings. The van der Waals surface area contributed by atoms with Crippen LogP contribution in [0.4, 0.5) is 5.69 Å². The van der Waals surface area contributed by atoms with E-state index in [4.69, 9.17) is 39.4 Å². The summed E-state index contributed by atoms with van der Waals surface area (Å²) in [5, 5.41) is 2.52. The Morgan fingerprint density at radius 1 is 1.12 bits per heavy atom. The molecule has 10 heteroatoms. The highest BCUT2D eigenvalue weighted by Gasteiger charge is 2.60. The lowest BCUT2D eigenvalue weighted by Gasteiger charge is -2.22. The molecule has 4 rings (SSSR count). The first-order chi connectivity index (χ1) is 7.48. The second-order valence-corrected chi connectivity index (χ2v) is 5.53. The van der Waals surface area contributed by atoms with Crippen molar-refractivity contribution in [1.82, 2.24) is 5.34 Å². The highest BCUT2D eigenvalue weighted by atomic mass is 35.5. The number of hydrazine groups is 1. The first-order valence-electron chi connectivity index (χ1n) is 3.92. The number of anilines is 1. The van der Waals surface area contributed by atoms with Crippen molar-refractivity contribution in [2.75, 3.05) is 5.17 Å². The van der Waals surface area contributed by atoms with Crippen molar-refractivity contribution < 1.29 is 18.4 Å². The smallest absolute Gasteiger partial charge is 0.222 e. The molecule has 3 heterocycles. The lowest BCUT2D eigenvalue weighted by molar-refractivity contribution is -0.318. The van der Waals surface area contributed by atoms with Crippen molar-refractivity contribution in [3.63, 3.8) is 0 Å². The van der Waals surface area contributed by atoms with E-state index in [2.05, 4.69) is 9.25 Å². The minimum Gasteiger partial charge on any atom is -0.222 e. The van der Waals surface area contributed by atoms with E-state index in [1.807, 2.05) is 0 Å². The van der Waals surface area contributed by atoms with E-state index < -0.39 is 7.82 Å². The fourth-order valence-corrected chi connectivity index (χ4v) is 2.76. The Kier molecular flexibility index (Phi) is 2.41. The van der Waals surface area contributed by atoms with Gasteiger partial charge in [0.15, 0.2) is 0 Å². The Balaban J connectivity index is 2.05. The summed E-state index contributed by atoms with van der Waals surface area (Å²) in [5.74, 6) is 0. The van der Waals surface area contributed by atoms with Gasteiger partial charge < -0.3 is 0 Å². The number of phosphoric acid groups is 1. The Morgan fingerprint density at radius 3 is 2.38 bits per heavy atom. The van der Waals surface area contributed by atoms with Gasteiger partial charge in [-0.05, 0) is 12.1 Å². The third kappa shape index (κ3) is 1.54. The SMILES string of the molecule is O=P12ON(O1)N(c1cc(Cl)cc(Cl)c1Cl)O2. The van der Waals surface area contributed by atoms with Crippen LogP contribution in [0.2, 0.25) is 15.1 Å². The van der Waals surface area contributed by atoms with Gasteiger partial charge in [-0.1, -0.05) is 34.8 Å². The van der Waals surface area contributed by atoms with Gasteiger partial charge in [0.25, 0.3) is 0 Å². The van der Waals surface area contributed by atoms with Gasteiger partial charge in [-0.3, -0.25) is 0 Å². The lowest BCUT2D eigenvalue weighted by Crippen LogP contribution is -2.34. The van der Waals surface area contributed by atoms with Crippen LogP contribution in [0.25, 0.3) is 0 Å². The summed E-state index contributed by atoms with van der Waals surface area (Å²) in [5.41, 5.74) is 0.273. The summed E-state index contributed by atoms with van der Waals surface area (Å²) in [4.78, 5) is 0. The molecule has 0 amide bonds. The van der Waals surface area contributed by atoms with Crippen molar-refractivity contribution in [3.8, 4) is 0 Å². The number of nitrogens with zero attached hydrogens (tertiary/aromatic N) is 2. The van der Waals surface area contributed by atoms with Crippen LogP contribution in [0.5, 0.6) is 0 Å². The molecule has 3 saturated heterocycles. The molecule has 2 bridgehead atoms. The van der Waals surface area contributed by atoms with E-state index >= 15 is 0 Å². The van der Waals surface area contributed by atoms with Gasteiger partial charge in [0.2, 0.25) is 0 Å². The molecular weight excluding hydrogens is 301 g/mol. The third-order valence-electron chi connectivity index (χ3n) is 1.85. The minimum absolute atomic E-state index is 0.179. The van der Waals surface area contributed by atoms with Crippen LogP contribution in [0, 0.1) is 0 Å². The fraction of sp³-hybridized carbons (Fsp3) is 0. The first kappa shape index (κ1) is 11.1. The minimum atomic E-state index is -3.46. The van der Waals surface area contributed by atoms with Crippen LogP contribution >= 0.6 is 42.6 Å². The Morgan fingerprint density at radius 2 is 1.81 bits per heavy atom. The van der Waals surface area contributed by atoms with Gasteiger partial charge in [-0.25, -0.2) is 4.57 Å². The largest absolute Gasteiger partial charge is 0.538 e. The molecular formula is C6H2Cl3N2O4P. The van der Waals surface area contributed by atoms with E-state index in [1.165, 1.54) is 12.1 Å². The number of hydrogen-bond acceptors (Lipinski definition) is 6. The summed E-state index contributed by atoms with van der Waals surface area (Å²) in [6.07, 6.45) is 0. The van der Waals surface area contributed by atoms with Crippen LogP contribution in [-0.4, -0.2) is 5.34 Å². The van der Waals surface area contributed by atoms with Gasteiger partial charge in [-0.2, -0.15) is 0 Å². The quantitative estimate of drug-likeness (QED) is 0.583. The zero-order valence-corrected chi connectivity index (χ0v) is 10.4. The van der Waals surface area contributed by atoms with Crippen molar-refractivity contribution in [2.45, 2.75) is 0 Å². The number of fused-ring (bicyclic) bond motifs is 1. The van der Waals surface area contributed by atoms with Gasteiger partial charge in [0.1, 0.15) is 5.69 Å². The third-order valence-corrected chi connectivity index (χ3v) is 3.89. The zero-order valence-electron chi connectivity index (χ0n) is 7.26. The Bertz CT molecular complexity index is 517. The summed E-state index contributed by atoms with van der Waals surface area (Å²) < 4.78 is 25.5. The van der Waals surface area contributed by atoms with Crippen LogP contribution in [0.15, 0.2) is 12.1 Å². The van der Waals surface area contributed by atoms with E-state index in [0.717, 1.165) is 10.5 Å². The number of halogens is 3. The van der Waals surface area contributed by atoms with E-state index in [9.17, 15) is 4.57 Å². The summed E-state index contributed by atoms with van der Waals surface area (Å²) in [7, 11) is -3.46. The molecule has 0 saturated carbocycles. The fourth-order valence-electron chi connectivity index (χ4n) is 1.21. The molecule has 3 fully saturated rings. The highest BCUT2D eigenvalue weighted by Crippen LogP contribution is 2.67. The van der Waals surface area contributed by atoms with E-state index in [-0.39, 0.29) is 15.7 Å². The molecule has 0 aromatic heterocycles. The average Bonchev–Trinajstić information content (AvgIpc) is 2.64. The molecule has 0 radical (unpaired) electrons. The maximum absolute atomic E-state index is 11.3. The highest BCUT2D eigenvalue weighted by molar-refractivity contribution is 7.49. The molecule has 6 nitrogen and oxygen atoms in total. The van der Waals surface area contributed by atoms with Crippen LogP contribution in [0.1, 0.15) is 0 Å². The standard InChI is InChI=1S/C6H2Cl3N2O4P/c7-3-1-4(8)6(9)5(2-3)10-11-14-16(12,13-10)15-11/h1-2H. The van der Waals surface area contributed by atoms with Crippen LogP contribution < -0.4 is 5.17 Å². The molecule has 3 aliphatic rings. The molecule has 16 heavy (non-hydrogen) atoms. The van der Waals surface area contributed by atoms with Crippen molar-refractivity contribution >= 4 is 48.3 Å². The summed E-state index contributed by atoms with van der Waals surface area (Å²) in [6, 6.07) is 2.94. The normalized spacial score (nSPS) is 31.7. The lowest BCUT2D eigenvalue weighted by atomic mass is 10.3. The molecule has 0 spiro atoms. The predicted octanol–water partition coefficient (Wildman–Crippen LogP) is 3.60. The number of hydrogen-bond donors (Lipinski definition) is 0. The molecule has 0 atom stereocenters. The molecule has 86 valence electrons. The van der Waals surface area contributed by atoms with Gasteiger partial charge in [-0.15, -0.1) is 19.0 Å². The predicted molar refractivity (Wildman–Crippen MR) is 56.7 cm³/mol. The van der Waals surface area contributed by atoms with Gasteiger partial charge in [0.05, 0.1) is 15.4 Å². The van der Waals surface area contributed by atoms with Crippen molar-refractivity contribution in [1.29, 1.82) is 0 Å². The van der Waals surface area contributed by atoms with E-state index in [1.54, 1.807) is 0 Å². The molecule has 3 aliphatic heterocycles. The monoisotopic (exact) mass is 302 g/mol.